The third-order valence-corrected chi connectivity index (χ3v) is 7.66. The molecule has 3 aliphatic rings. The quantitative estimate of drug-likeness (QED) is 0.611. The van der Waals surface area contributed by atoms with E-state index in [2.05, 4.69) is 15.6 Å². The summed E-state index contributed by atoms with van der Waals surface area (Å²) in [6, 6.07) is 15.6. The lowest BCUT2D eigenvalue weighted by molar-refractivity contribution is -0.159. The third kappa shape index (κ3) is 3.20. The second-order valence-electron chi connectivity index (χ2n) is 9.86. The van der Waals surface area contributed by atoms with Gasteiger partial charge in [0.2, 0.25) is 0 Å². The molecule has 11 heteroatoms. The van der Waals surface area contributed by atoms with E-state index in [4.69, 9.17) is 9.47 Å². The van der Waals surface area contributed by atoms with Crippen molar-refractivity contribution in [2.45, 2.75) is 31.3 Å². The fourth-order valence-corrected chi connectivity index (χ4v) is 5.75. The number of hydrogen-bond donors (Lipinski definition) is 1. The molecule has 0 unspecified atom stereocenters. The minimum atomic E-state index is -1.96. The predicted octanol–water partition coefficient (Wildman–Crippen LogP) is 1.66. The molecular weight excluding hydrogens is 490 g/mol. The van der Waals surface area contributed by atoms with E-state index in [0.29, 0.717) is 11.3 Å². The molecule has 0 saturated carbocycles. The number of fused-ring (bicyclic) bond motifs is 2. The van der Waals surface area contributed by atoms with E-state index >= 15 is 0 Å². The normalized spacial score (nSPS) is 27.6. The van der Waals surface area contributed by atoms with Crippen molar-refractivity contribution in [3.63, 3.8) is 0 Å². The molecule has 1 saturated heterocycles. The lowest BCUT2D eigenvalue weighted by Crippen LogP contribution is -2.77. The van der Waals surface area contributed by atoms with E-state index in [-0.39, 0.29) is 18.7 Å². The van der Waals surface area contributed by atoms with Gasteiger partial charge in [0.25, 0.3) is 11.8 Å². The van der Waals surface area contributed by atoms with Gasteiger partial charge in [0.15, 0.2) is 11.1 Å². The second-order valence-corrected chi connectivity index (χ2v) is 9.86. The summed E-state index contributed by atoms with van der Waals surface area (Å²) < 4.78 is 10.1. The summed E-state index contributed by atoms with van der Waals surface area (Å²) in [5.74, 6) is -2.63. The van der Waals surface area contributed by atoms with Crippen molar-refractivity contribution in [1.29, 1.82) is 0 Å². The van der Waals surface area contributed by atoms with Gasteiger partial charge in [-0.3, -0.25) is 15.0 Å². The number of hydrazone groups is 2. The average Bonchev–Trinajstić information content (AvgIpc) is 3.40. The fourth-order valence-electron chi connectivity index (χ4n) is 5.75. The van der Waals surface area contributed by atoms with Crippen LogP contribution in [0.25, 0.3) is 0 Å². The van der Waals surface area contributed by atoms with Crippen LogP contribution in [0.15, 0.2) is 64.8 Å². The lowest BCUT2D eigenvalue weighted by Gasteiger charge is -2.48. The zero-order valence-electron chi connectivity index (χ0n) is 21.4. The van der Waals surface area contributed by atoms with E-state index in [1.165, 1.54) is 30.3 Å². The summed E-state index contributed by atoms with van der Waals surface area (Å²) in [6.07, 6.45) is 1.25. The molecule has 3 aliphatic heterocycles. The van der Waals surface area contributed by atoms with Crippen LogP contribution in [0.2, 0.25) is 0 Å². The number of hydrogen-bond acceptors (Lipinski definition) is 9. The number of rotatable bonds is 4. The highest BCUT2D eigenvalue weighted by Crippen LogP contribution is 2.56. The van der Waals surface area contributed by atoms with Gasteiger partial charge in [-0.05, 0) is 31.2 Å². The van der Waals surface area contributed by atoms with Crippen molar-refractivity contribution < 1.29 is 28.7 Å². The first-order valence-electron chi connectivity index (χ1n) is 12.0. The van der Waals surface area contributed by atoms with Crippen molar-refractivity contribution >= 4 is 41.4 Å². The number of amides is 2. The number of benzene rings is 2. The molecule has 196 valence electrons. The number of methoxy groups -OCH3 is 2. The first-order chi connectivity index (χ1) is 18.1. The molecule has 5 rings (SSSR count). The Labute approximate surface area is 219 Å². The average molecular weight is 518 g/mol. The van der Waals surface area contributed by atoms with Gasteiger partial charge in [0, 0.05) is 23.9 Å². The van der Waals surface area contributed by atoms with Crippen LogP contribution in [-0.4, -0.2) is 72.4 Å². The number of carbonyl (C=O) groups is 4. The lowest BCUT2D eigenvalue weighted by atomic mass is 9.61. The van der Waals surface area contributed by atoms with Gasteiger partial charge in [-0.25, -0.2) is 9.59 Å². The number of aryl methyl sites for hydroxylation is 1. The van der Waals surface area contributed by atoms with Gasteiger partial charge in [-0.1, -0.05) is 42.8 Å². The molecule has 0 bridgehead atoms. The first-order valence-corrected chi connectivity index (χ1v) is 12.0. The molecule has 1 fully saturated rings. The summed E-state index contributed by atoms with van der Waals surface area (Å²) in [5.41, 5.74) is -0.488. The summed E-state index contributed by atoms with van der Waals surface area (Å²) >= 11 is 0. The molecular formula is C27H27N5O6. The van der Waals surface area contributed by atoms with Crippen LogP contribution in [0, 0.1) is 12.3 Å². The first kappa shape index (κ1) is 25.1. The van der Waals surface area contributed by atoms with E-state index in [9.17, 15) is 19.2 Å². The summed E-state index contributed by atoms with van der Waals surface area (Å²) in [6.45, 7) is 3.54. The fraction of sp³-hybridized carbons (Fsp3) is 0.333. The predicted molar refractivity (Wildman–Crippen MR) is 137 cm³/mol. The molecule has 11 nitrogen and oxygen atoms in total. The molecule has 0 aromatic heterocycles. The molecule has 0 radical (unpaired) electrons. The summed E-state index contributed by atoms with van der Waals surface area (Å²) in [4.78, 5) is 56.1. The zero-order valence-corrected chi connectivity index (χ0v) is 21.4. The number of esters is 2. The summed E-state index contributed by atoms with van der Waals surface area (Å²) in [5, 5.41) is 9.76. The third-order valence-electron chi connectivity index (χ3n) is 7.66. The Morgan fingerprint density at radius 2 is 1.68 bits per heavy atom. The van der Waals surface area contributed by atoms with Crippen LogP contribution in [0.4, 0.5) is 5.69 Å². The molecule has 1 spiro atoms. The Morgan fingerprint density at radius 3 is 2.32 bits per heavy atom. The largest absolute Gasteiger partial charge is 0.467 e. The highest BCUT2D eigenvalue weighted by molar-refractivity contribution is 6.37. The van der Waals surface area contributed by atoms with Crippen LogP contribution >= 0.6 is 0 Å². The number of nitrogens with zero attached hydrogens (tertiary/aromatic N) is 4. The van der Waals surface area contributed by atoms with Crippen molar-refractivity contribution in [3.05, 3.63) is 65.7 Å². The van der Waals surface area contributed by atoms with E-state index in [0.717, 1.165) is 5.56 Å². The van der Waals surface area contributed by atoms with E-state index < -0.39 is 40.2 Å². The molecule has 3 atom stereocenters. The van der Waals surface area contributed by atoms with Gasteiger partial charge < -0.3 is 14.4 Å². The maximum absolute atomic E-state index is 14.5. The Bertz CT molecular complexity index is 1390. The number of likely N-dealkylation sites (tertiary alicyclic amines) is 1. The standard InChI is InChI=1S/C27H27N5O6/c1-17-10-12-19(13-11-17)32-23(35)26(15-28-32)27(24(36)38-4)25(2,14-20(29-30-27)22(34)37-3)16-31(26)21(33)18-8-6-5-7-9-18/h5-13,15,30H,14,16H2,1-4H3/t25-,26-,27-/m1/s1. The Hall–Kier alpha value is -4.54. The maximum Gasteiger partial charge on any atom is 0.354 e. The van der Waals surface area contributed by atoms with Crippen molar-refractivity contribution in [2.75, 3.05) is 25.8 Å². The number of nitrogens with one attached hydrogen (secondary N) is 1. The van der Waals surface area contributed by atoms with Crippen LogP contribution in [0.5, 0.6) is 0 Å². The molecule has 38 heavy (non-hydrogen) atoms. The zero-order chi connectivity index (χ0) is 27.3. The minimum absolute atomic E-state index is 0.0245. The number of carbonyl (C=O) groups excluding carboxylic acids is 4. The smallest absolute Gasteiger partial charge is 0.354 e. The molecule has 2 amide bonds. The molecule has 2 aromatic carbocycles. The van der Waals surface area contributed by atoms with Crippen molar-refractivity contribution in [3.8, 4) is 0 Å². The number of anilines is 1. The SMILES string of the molecule is COC(=O)C1=NN[C@]2(C(=O)OC)[C@](C)(C1)CN(C(=O)c1ccccc1)[C@@]21C=NN(c2ccc(C)cc2)C1=O. The van der Waals surface area contributed by atoms with Gasteiger partial charge in [0.1, 0.15) is 5.71 Å². The second kappa shape index (κ2) is 8.79. The minimum Gasteiger partial charge on any atom is -0.467 e. The Balaban J connectivity index is 1.73. The van der Waals surface area contributed by atoms with Crippen molar-refractivity contribution in [2.24, 2.45) is 15.6 Å². The Morgan fingerprint density at radius 1 is 1.00 bits per heavy atom. The van der Waals surface area contributed by atoms with Gasteiger partial charge in [-0.15, -0.1) is 0 Å². The van der Waals surface area contributed by atoms with E-state index in [1.54, 1.807) is 49.4 Å². The molecule has 2 aromatic rings. The van der Waals surface area contributed by atoms with Crippen LogP contribution < -0.4 is 10.4 Å². The van der Waals surface area contributed by atoms with E-state index in [1.807, 2.05) is 19.1 Å². The molecule has 1 N–H and O–H groups in total. The summed E-state index contributed by atoms with van der Waals surface area (Å²) in [7, 11) is 2.42. The topological polar surface area (TPSA) is 130 Å². The van der Waals surface area contributed by atoms with Gasteiger partial charge in [-0.2, -0.15) is 15.2 Å². The van der Waals surface area contributed by atoms with Gasteiger partial charge in [0.05, 0.1) is 26.1 Å². The highest BCUT2D eigenvalue weighted by Gasteiger charge is 2.81. The van der Waals surface area contributed by atoms with Crippen LogP contribution in [0.1, 0.15) is 29.3 Å². The maximum atomic E-state index is 14.5. The van der Waals surface area contributed by atoms with Crippen LogP contribution in [-0.2, 0) is 23.9 Å². The monoisotopic (exact) mass is 517 g/mol. The highest BCUT2D eigenvalue weighted by atomic mass is 16.5. The van der Waals surface area contributed by atoms with Crippen molar-refractivity contribution in [1.82, 2.24) is 10.3 Å². The molecule has 0 aliphatic carbocycles. The Kier molecular flexibility index (Phi) is 5.81. The van der Waals surface area contributed by atoms with Crippen LogP contribution in [0.3, 0.4) is 0 Å². The van der Waals surface area contributed by atoms with Gasteiger partial charge >= 0.3 is 11.9 Å². The molecule has 3 heterocycles. The number of ether oxygens (including phenoxy) is 2.